The first kappa shape index (κ1) is 10.8. The van der Waals surface area contributed by atoms with Crippen molar-refractivity contribution in [1.82, 2.24) is 10.6 Å². The summed E-state index contributed by atoms with van der Waals surface area (Å²) in [6.07, 6.45) is 1.98. The fourth-order valence-electron chi connectivity index (χ4n) is 1.22. The number of nitrogens with one attached hydrogen (secondary N) is 2. The molecule has 2 N–H and O–H groups in total. The number of unbranched alkanes of at least 4 members (excludes halogenated alkanes) is 1. The number of ether oxygens (including phenoxy) is 1. The summed E-state index contributed by atoms with van der Waals surface area (Å²) in [5.41, 5.74) is 0. The van der Waals surface area contributed by atoms with Crippen LogP contribution in [0.15, 0.2) is 0 Å². The predicted molar refractivity (Wildman–Crippen MR) is 50.8 cm³/mol. The molecule has 1 atom stereocenters. The Labute approximate surface area is 83.2 Å². The van der Waals surface area contributed by atoms with Gasteiger partial charge in [0.2, 0.25) is 5.91 Å². The standard InChI is InChI=1S/C9H16N2O3/c1-2-3-6-14-9(13)11-7-4-5-10-8(7)12/h7H,2-6H2,1H3,(H,10,12)(H,11,13)/t7-/m0/s1. The maximum absolute atomic E-state index is 11.1. The van der Waals surface area contributed by atoms with Crippen LogP contribution in [0.3, 0.4) is 0 Å². The maximum Gasteiger partial charge on any atom is 0.407 e. The van der Waals surface area contributed by atoms with Gasteiger partial charge >= 0.3 is 6.09 Å². The molecule has 0 aromatic heterocycles. The highest BCUT2D eigenvalue weighted by Crippen LogP contribution is 1.99. The molecular formula is C9H16N2O3. The summed E-state index contributed by atoms with van der Waals surface area (Å²) in [5.74, 6) is -0.127. The van der Waals surface area contributed by atoms with Crippen LogP contribution in [0, 0.1) is 0 Å². The van der Waals surface area contributed by atoms with E-state index in [1.54, 1.807) is 0 Å². The second kappa shape index (κ2) is 5.47. The van der Waals surface area contributed by atoms with Crippen LogP contribution in [0.4, 0.5) is 4.79 Å². The van der Waals surface area contributed by atoms with Crippen molar-refractivity contribution in [2.45, 2.75) is 32.2 Å². The molecule has 1 rings (SSSR count). The van der Waals surface area contributed by atoms with Crippen LogP contribution in [0.25, 0.3) is 0 Å². The van der Waals surface area contributed by atoms with Gasteiger partial charge < -0.3 is 15.4 Å². The molecule has 0 bridgehead atoms. The van der Waals surface area contributed by atoms with E-state index in [1.807, 2.05) is 6.92 Å². The summed E-state index contributed by atoms with van der Waals surface area (Å²) in [4.78, 5) is 22.2. The SMILES string of the molecule is CCCCOC(=O)N[C@H]1CCNC1=O. The molecule has 0 aromatic rings. The number of carbonyl (C=O) groups is 2. The first-order valence-corrected chi connectivity index (χ1v) is 4.95. The smallest absolute Gasteiger partial charge is 0.407 e. The summed E-state index contributed by atoms with van der Waals surface area (Å²) in [5, 5.41) is 5.15. The highest BCUT2D eigenvalue weighted by atomic mass is 16.5. The van der Waals surface area contributed by atoms with Crippen LogP contribution >= 0.6 is 0 Å². The van der Waals surface area contributed by atoms with Crippen LogP contribution in [0.1, 0.15) is 26.2 Å². The molecule has 1 saturated heterocycles. The van der Waals surface area contributed by atoms with E-state index in [2.05, 4.69) is 10.6 Å². The Morgan fingerprint density at radius 2 is 2.50 bits per heavy atom. The van der Waals surface area contributed by atoms with Crippen molar-refractivity contribution in [2.75, 3.05) is 13.2 Å². The predicted octanol–water partition coefficient (Wildman–Crippen LogP) is 0.401. The topological polar surface area (TPSA) is 67.4 Å². The van der Waals surface area contributed by atoms with E-state index < -0.39 is 12.1 Å². The normalized spacial score (nSPS) is 20.4. The van der Waals surface area contributed by atoms with Crippen molar-refractivity contribution >= 4 is 12.0 Å². The lowest BCUT2D eigenvalue weighted by Crippen LogP contribution is -2.40. The second-order valence-electron chi connectivity index (χ2n) is 3.27. The Bertz CT molecular complexity index is 218. The molecule has 2 amide bonds. The van der Waals surface area contributed by atoms with E-state index >= 15 is 0 Å². The quantitative estimate of drug-likeness (QED) is 0.645. The van der Waals surface area contributed by atoms with Crippen LogP contribution in [0.2, 0.25) is 0 Å². The van der Waals surface area contributed by atoms with Crippen molar-refractivity contribution < 1.29 is 14.3 Å². The highest BCUT2D eigenvalue weighted by molar-refractivity contribution is 5.87. The molecule has 0 unspecified atom stereocenters. The molecule has 14 heavy (non-hydrogen) atoms. The average molecular weight is 200 g/mol. The molecule has 0 spiro atoms. The lowest BCUT2D eigenvalue weighted by atomic mass is 10.2. The Balaban J connectivity index is 2.16. The monoisotopic (exact) mass is 200 g/mol. The van der Waals surface area contributed by atoms with Crippen molar-refractivity contribution in [3.8, 4) is 0 Å². The number of alkyl carbamates (subject to hydrolysis) is 1. The molecule has 80 valence electrons. The third-order valence-electron chi connectivity index (χ3n) is 2.07. The van der Waals surface area contributed by atoms with Crippen LogP contribution in [0.5, 0.6) is 0 Å². The van der Waals surface area contributed by atoms with Gasteiger partial charge in [-0.15, -0.1) is 0 Å². The first-order chi connectivity index (χ1) is 6.74. The van der Waals surface area contributed by atoms with E-state index in [0.717, 1.165) is 12.8 Å². The third kappa shape index (κ3) is 3.24. The second-order valence-corrected chi connectivity index (χ2v) is 3.27. The van der Waals surface area contributed by atoms with Gasteiger partial charge in [-0.1, -0.05) is 13.3 Å². The van der Waals surface area contributed by atoms with Crippen molar-refractivity contribution in [1.29, 1.82) is 0 Å². The third-order valence-corrected chi connectivity index (χ3v) is 2.07. The number of hydrogen-bond donors (Lipinski definition) is 2. The number of carbonyl (C=O) groups excluding carboxylic acids is 2. The number of amides is 2. The highest BCUT2D eigenvalue weighted by Gasteiger charge is 2.25. The minimum atomic E-state index is -0.500. The molecule has 0 aromatic carbocycles. The minimum absolute atomic E-state index is 0.127. The molecule has 1 aliphatic rings. The van der Waals surface area contributed by atoms with Gasteiger partial charge in [-0.25, -0.2) is 4.79 Å². The molecule has 1 heterocycles. The largest absolute Gasteiger partial charge is 0.450 e. The molecule has 5 nitrogen and oxygen atoms in total. The number of hydrogen-bond acceptors (Lipinski definition) is 3. The maximum atomic E-state index is 11.1. The summed E-state index contributed by atoms with van der Waals surface area (Å²) in [6, 6.07) is -0.413. The van der Waals surface area contributed by atoms with Crippen molar-refractivity contribution in [2.24, 2.45) is 0 Å². The van der Waals surface area contributed by atoms with E-state index in [4.69, 9.17) is 4.74 Å². The van der Waals surface area contributed by atoms with Gasteiger partial charge in [0.25, 0.3) is 0 Å². The minimum Gasteiger partial charge on any atom is -0.450 e. The van der Waals surface area contributed by atoms with Crippen LogP contribution in [-0.2, 0) is 9.53 Å². The van der Waals surface area contributed by atoms with E-state index in [1.165, 1.54) is 0 Å². The lowest BCUT2D eigenvalue weighted by molar-refractivity contribution is -0.120. The first-order valence-electron chi connectivity index (χ1n) is 4.95. The summed E-state index contributed by atoms with van der Waals surface area (Å²) >= 11 is 0. The zero-order chi connectivity index (χ0) is 10.4. The fraction of sp³-hybridized carbons (Fsp3) is 0.778. The Morgan fingerprint density at radius 1 is 1.71 bits per heavy atom. The molecule has 0 radical (unpaired) electrons. The van der Waals surface area contributed by atoms with Gasteiger partial charge in [0.05, 0.1) is 6.61 Å². The Hall–Kier alpha value is -1.26. The van der Waals surface area contributed by atoms with E-state index in [-0.39, 0.29) is 5.91 Å². The Morgan fingerprint density at radius 3 is 3.07 bits per heavy atom. The molecule has 0 aliphatic carbocycles. The molecule has 0 saturated carbocycles. The van der Waals surface area contributed by atoms with E-state index in [0.29, 0.717) is 19.6 Å². The van der Waals surface area contributed by atoms with E-state index in [9.17, 15) is 9.59 Å². The van der Waals surface area contributed by atoms with Crippen molar-refractivity contribution in [3.63, 3.8) is 0 Å². The van der Waals surface area contributed by atoms with Crippen molar-refractivity contribution in [3.05, 3.63) is 0 Å². The lowest BCUT2D eigenvalue weighted by Gasteiger charge is -2.09. The van der Waals surface area contributed by atoms with Gasteiger partial charge in [0.15, 0.2) is 0 Å². The summed E-state index contributed by atoms with van der Waals surface area (Å²) in [7, 11) is 0. The fourth-order valence-corrected chi connectivity index (χ4v) is 1.22. The average Bonchev–Trinajstić information content (AvgIpc) is 2.52. The summed E-state index contributed by atoms with van der Waals surface area (Å²) < 4.78 is 4.86. The summed E-state index contributed by atoms with van der Waals surface area (Å²) in [6.45, 7) is 3.06. The van der Waals surface area contributed by atoms with Gasteiger partial charge in [-0.2, -0.15) is 0 Å². The zero-order valence-corrected chi connectivity index (χ0v) is 8.34. The molecule has 1 fully saturated rings. The van der Waals surface area contributed by atoms with Crippen LogP contribution < -0.4 is 10.6 Å². The van der Waals surface area contributed by atoms with Gasteiger partial charge in [-0.3, -0.25) is 4.79 Å². The number of rotatable bonds is 4. The molecule has 1 aliphatic heterocycles. The van der Waals surface area contributed by atoms with Gasteiger partial charge in [0, 0.05) is 6.54 Å². The Kier molecular flexibility index (Phi) is 4.22. The molecule has 5 heteroatoms. The van der Waals surface area contributed by atoms with Gasteiger partial charge in [-0.05, 0) is 12.8 Å². The molecular weight excluding hydrogens is 184 g/mol. The van der Waals surface area contributed by atoms with Crippen LogP contribution in [-0.4, -0.2) is 31.2 Å². The zero-order valence-electron chi connectivity index (χ0n) is 8.34. The van der Waals surface area contributed by atoms with Gasteiger partial charge in [0.1, 0.15) is 6.04 Å².